The molecule has 2 N–H and O–H groups in total. The predicted molar refractivity (Wildman–Crippen MR) is 138 cm³/mol. The number of nitrogens with one attached hydrogen (secondary N) is 2. The van der Waals surface area contributed by atoms with Crippen molar-refractivity contribution in [2.24, 2.45) is 0 Å². The zero-order chi connectivity index (χ0) is 23.1. The van der Waals surface area contributed by atoms with Crippen LogP contribution in [-0.4, -0.2) is 62.7 Å². The van der Waals surface area contributed by atoms with Crippen molar-refractivity contribution in [3.05, 3.63) is 54.1 Å². The molecule has 9 heteroatoms. The molecule has 2 heterocycles. The van der Waals surface area contributed by atoms with E-state index in [0.29, 0.717) is 11.4 Å². The Morgan fingerprint density at radius 1 is 0.909 bits per heavy atom. The van der Waals surface area contributed by atoms with Gasteiger partial charge in [-0.25, -0.2) is 8.42 Å². The number of rotatable bonds is 8. The Hall–Kier alpha value is -2.23. The lowest BCUT2D eigenvalue weighted by atomic mass is 10.1. The molecule has 0 aromatic heterocycles. The quantitative estimate of drug-likeness (QED) is 0.591. The Balaban J connectivity index is 1.30. The first-order chi connectivity index (χ1) is 16.0. The number of piperidine rings is 1. The molecule has 0 aliphatic carbocycles. The molecule has 0 unspecified atom stereocenters. The van der Waals surface area contributed by atoms with Crippen LogP contribution >= 0.6 is 11.8 Å². The van der Waals surface area contributed by atoms with Crippen molar-refractivity contribution in [2.75, 3.05) is 58.4 Å². The lowest BCUT2D eigenvalue weighted by Crippen LogP contribution is -2.32. The summed E-state index contributed by atoms with van der Waals surface area (Å²) in [6.07, 6.45) is 3.63. The first kappa shape index (κ1) is 23.9. The van der Waals surface area contributed by atoms with Gasteiger partial charge in [-0.3, -0.25) is 14.4 Å². The molecule has 4 rings (SSSR count). The third-order valence-electron chi connectivity index (χ3n) is 5.90. The molecule has 0 saturated carbocycles. The number of nitrogens with zero attached hydrogens (tertiary/aromatic N) is 2. The molecule has 0 spiro atoms. The van der Waals surface area contributed by atoms with Crippen LogP contribution in [0.25, 0.3) is 0 Å². The summed E-state index contributed by atoms with van der Waals surface area (Å²) >= 11 is 1.97. The summed E-state index contributed by atoms with van der Waals surface area (Å²) in [6.45, 7) is 5.01. The number of sulfonamides is 1. The SMILES string of the molecule is O=C(CS(=O)(=O)Nc1ccc(N2CCCCC2)cc1)Nc1cccc(CN2CCSCC2)c1. The van der Waals surface area contributed by atoms with Crippen molar-refractivity contribution in [2.45, 2.75) is 25.8 Å². The zero-order valence-corrected chi connectivity index (χ0v) is 20.5. The van der Waals surface area contributed by atoms with Gasteiger partial charge in [0.15, 0.2) is 0 Å². The molecule has 2 aromatic rings. The van der Waals surface area contributed by atoms with E-state index < -0.39 is 21.7 Å². The second-order valence-corrected chi connectivity index (χ2v) is 11.5. The number of benzene rings is 2. The maximum absolute atomic E-state index is 12.5. The zero-order valence-electron chi connectivity index (χ0n) is 18.8. The number of hydrogen-bond donors (Lipinski definition) is 2. The van der Waals surface area contributed by atoms with Crippen LogP contribution in [-0.2, 0) is 21.4 Å². The number of anilines is 3. The number of carbonyl (C=O) groups is 1. The van der Waals surface area contributed by atoms with Gasteiger partial charge in [0.2, 0.25) is 15.9 Å². The van der Waals surface area contributed by atoms with Gasteiger partial charge in [-0.05, 0) is 61.2 Å². The van der Waals surface area contributed by atoms with E-state index in [2.05, 4.69) is 19.8 Å². The van der Waals surface area contributed by atoms with Crippen LogP contribution in [0.1, 0.15) is 24.8 Å². The van der Waals surface area contributed by atoms with Gasteiger partial charge in [-0.15, -0.1) is 0 Å². The van der Waals surface area contributed by atoms with Crippen molar-refractivity contribution >= 4 is 44.8 Å². The maximum Gasteiger partial charge on any atom is 0.241 e. The van der Waals surface area contributed by atoms with Gasteiger partial charge in [0.1, 0.15) is 5.75 Å². The average molecular weight is 489 g/mol. The number of carbonyl (C=O) groups excluding carboxylic acids is 1. The van der Waals surface area contributed by atoms with Crippen LogP contribution in [0.4, 0.5) is 17.1 Å². The van der Waals surface area contributed by atoms with E-state index in [9.17, 15) is 13.2 Å². The first-order valence-corrected chi connectivity index (χ1v) is 14.3. The Bertz CT molecular complexity index is 1030. The van der Waals surface area contributed by atoms with E-state index in [4.69, 9.17) is 0 Å². The maximum atomic E-state index is 12.5. The van der Waals surface area contributed by atoms with E-state index in [-0.39, 0.29) is 0 Å². The fourth-order valence-electron chi connectivity index (χ4n) is 4.24. The molecular weight excluding hydrogens is 456 g/mol. The number of hydrogen-bond acceptors (Lipinski definition) is 6. The highest BCUT2D eigenvalue weighted by molar-refractivity contribution is 7.99. The molecule has 2 aromatic carbocycles. The predicted octanol–water partition coefficient (Wildman–Crippen LogP) is 3.61. The molecule has 0 bridgehead atoms. The van der Waals surface area contributed by atoms with Crippen molar-refractivity contribution in [1.82, 2.24) is 4.90 Å². The summed E-state index contributed by atoms with van der Waals surface area (Å²) in [5.74, 6) is 1.10. The van der Waals surface area contributed by atoms with Crippen LogP contribution in [0, 0.1) is 0 Å². The molecule has 0 radical (unpaired) electrons. The molecule has 33 heavy (non-hydrogen) atoms. The summed E-state index contributed by atoms with van der Waals surface area (Å²) in [5.41, 5.74) is 3.28. The number of amides is 1. The highest BCUT2D eigenvalue weighted by Gasteiger charge is 2.18. The van der Waals surface area contributed by atoms with Gasteiger partial charge in [0.25, 0.3) is 0 Å². The second kappa shape index (κ2) is 11.3. The molecule has 1 amide bonds. The van der Waals surface area contributed by atoms with Gasteiger partial charge in [-0.2, -0.15) is 11.8 Å². The van der Waals surface area contributed by atoms with E-state index in [1.165, 1.54) is 19.3 Å². The van der Waals surface area contributed by atoms with E-state index in [1.54, 1.807) is 18.2 Å². The van der Waals surface area contributed by atoms with E-state index in [0.717, 1.165) is 55.5 Å². The molecule has 2 aliphatic heterocycles. The number of thioether (sulfide) groups is 1. The van der Waals surface area contributed by atoms with Crippen LogP contribution in [0.15, 0.2) is 48.5 Å². The van der Waals surface area contributed by atoms with Crippen molar-refractivity contribution in [1.29, 1.82) is 0 Å². The summed E-state index contributed by atoms with van der Waals surface area (Å²) in [5, 5.41) is 2.73. The molecule has 7 nitrogen and oxygen atoms in total. The smallest absolute Gasteiger partial charge is 0.241 e. The van der Waals surface area contributed by atoms with Crippen molar-refractivity contribution in [3.8, 4) is 0 Å². The molecule has 178 valence electrons. The van der Waals surface area contributed by atoms with Crippen LogP contribution in [0.2, 0.25) is 0 Å². The van der Waals surface area contributed by atoms with Gasteiger partial charge < -0.3 is 10.2 Å². The topological polar surface area (TPSA) is 81.8 Å². The minimum absolute atomic E-state index is 0.463. The second-order valence-electron chi connectivity index (χ2n) is 8.59. The standard InChI is InChI=1S/C24H32N4O3S2/c29-24(25-22-6-4-5-20(17-22)18-27-13-15-32-16-14-27)19-33(30,31)26-21-7-9-23(10-8-21)28-11-2-1-3-12-28/h4-10,17,26H,1-3,11-16,18-19H2,(H,25,29). The Morgan fingerprint density at radius 3 is 2.36 bits per heavy atom. The Kier molecular flexibility index (Phi) is 8.16. The van der Waals surface area contributed by atoms with E-state index >= 15 is 0 Å². The fourth-order valence-corrected chi connectivity index (χ4v) is 6.21. The van der Waals surface area contributed by atoms with E-state index in [1.807, 2.05) is 42.1 Å². The normalized spacial score (nSPS) is 17.5. The van der Waals surface area contributed by atoms with Gasteiger partial charge in [0.05, 0.1) is 0 Å². The fraction of sp³-hybridized carbons (Fsp3) is 0.458. The minimum Gasteiger partial charge on any atom is -0.372 e. The highest BCUT2D eigenvalue weighted by atomic mass is 32.2. The largest absolute Gasteiger partial charge is 0.372 e. The summed E-state index contributed by atoms with van der Waals surface area (Å²) in [4.78, 5) is 17.1. The van der Waals surface area contributed by atoms with Gasteiger partial charge in [-0.1, -0.05) is 12.1 Å². The van der Waals surface area contributed by atoms with Crippen LogP contribution in [0.3, 0.4) is 0 Å². The molecule has 2 fully saturated rings. The van der Waals surface area contributed by atoms with Crippen LogP contribution < -0.4 is 14.9 Å². The lowest BCUT2D eigenvalue weighted by Gasteiger charge is -2.28. The first-order valence-electron chi connectivity index (χ1n) is 11.5. The minimum atomic E-state index is -3.81. The summed E-state index contributed by atoms with van der Waals surface area (Å²) in [6, 6.07) is 15.0. The van der Waals surface area contributed by atoms with Crippen LogP contribution in [0.5, 0.6) is 0 Å². The summed E-state index contributed by atoms with van der Waals surface area (Å²) in [7, 11) is -3.81. The lowest BCUT2D eigenvalue weighted by molar-refractivity contribution is -0.113. The Labute approximate surface area is 201 Å². The monoisotopic (exact) mass is 488 g/mol. The Morgan fingerprint density at radius 2 is 1.64 bits per heavy atom. The average Bonchev–Trinajstić information content (AvgIpc) is 2.80. The molecule has 2 saturated heterocycles. The summed E-state index contributed by atoms with van der Waals surface area (Å²) < 4.78 is 27.6. The van der Waals surface area contributed by atoms with Gasteiger partial charge in [0, 0.05) is 61.3 Å². The third-order valence-corrected chi connectivity index (χ3v) is 8.04. The molecule has 0 atom stereocenters. The molecule has 2 aliphatic rings. The van der Waals surface area contributed by atoms with Crippen molar-refractivity contribution < 1.29 is 13.2 Å². The van der Waals surface area contributed by atoms with Crippen molar-refractivity contribution in [3.63, 3.8) is 0 Å². The third kappa shape index (κ3) is 7.38. The molecular formula is C24H32N4O3S2. The van der Waals surface area contributed by atoms with Gasteiger partial charge >= 0.3 is 0 Å². The highest BCUT2D eigenvalue weighted by Crippen LogP contribution is 2.22.